The molecule has 4 rings (SSSR count). The number of piperazine rings is 1. The highest BCUT2D eigenvalue weighted by Crippen LogP contribution is 2.31. The van der Waals surface area contributed by atoms with Crippen molar-refractivity contribution in [1.29, 1.82) is 0 Å². The van der Waals surface area contributed by atoms with Gasteiger partial charge in [0.2, 0.25) is 11.8 Å². The maximum atomic E-state index is 12.6. The van der Waals surface area contributed by atoms with Crippen LogP contribution in [-0.4, -0.2) is 55.0 Å². The Hall–Kier alpha value is -2.61. The molecule has 2 fully saturated rings. The number of thiazole rings is 1. The van der Waals surface area contributed by atoms with E-state index in [0.717, 1.165) is 37.4 Å². The molecule has 1 saturated heterocycles. The number of nitrogens with zero attached hydrogens (tertiary/aromatic N) is 3. The Morgan fingerprint density at radius 1 is 1.21 bits per heavy atom. The fraction of sp³-hybridized carbons (Fsp3) is 0.450. The van der Waals surface area contributed by atoms with Crippen LogP contribution >= 0.6 is 11.3 Å². The monoisotopic (exact) mass is 400 g/mol. The zero-order valence-electron chi connectivity index (χ0n) is 15.9. The molecule has 1 saturated carbocycles. The number of amides is 2. The second-order valence-corrected chi connectivity index (χ2v) is 7.98. The van der Waals surface area contributed by atoms with Gasteiger partial charge < -0.3 is 19.9 Å². The summed E-state index contributed by atoms with van der Waals surface area (Å²) in [6.07, 6.45) is 2.19. The van der Waals surface area contributed by atoms with Gasteiger partial charge in [0.25, 0.3) is 0 Å². The molecule has 1 aliphatic carbocycles. The van der Waals surface area contributed by atoms with Crippen LogP contribution in [0, 0.1) is 5.92 Å². The average molecular weight is 401 g/mol. The van der Waals surface area contributed by atoms with Gasteiger partial charge in [0.1, 0.15) is 5.75 Å². The number of nitrogens with one attached hydrogen (secondary N) is 1. The molecular weight excluding hydrogens is 376 g/mol. The molecular formula is C20H24N4O3S. The van der Waals surface area contributed by atoms with Gasteiger partial charge in [-0.15, -0.1) is 11.3 Å². The molecule has 0 bridgehead atoms. The minimum atomic E-state index is 0.0414. The van der Waals surface area contributed by atoms with Crippen molar-refractivity contribution >= 4 is 34.0 Å². The fourth-order valence-electron chi connectivity index (χ4n) is 3.35. The third-order valence-electron chi connectivity index (χ3n) is 5.12. The Morgan fingerprint density at radius 3 is 2.68 bits per heavy atom. The summed E-state index contributed by atoms with van der Waals surface area (Å²) >= 11 is 1.38. The molecule has 2 aliphatic rings. The number of carbonyl (C=O) groups excluding carboxylic acids is 2. The van der Waals surface area contributed by atoms with E-state index in [0.29, 0.717) is 23.9 Å². The second kappa shape index (κ2) is 8.18. The van der Waals surface area contributed by atoms with Gasteiger partial charge in [-0.05, 0) is 25.0 Å². The van der Waals surface area contributed by atoms with E-state index in [9.17, 15) is 9.59 Å². The molecule has 8 heteroatoms. The summed E-state index contributed by atoms with van der Waals surface area (Å²) in [5, 5.41) is 5.27. The molecule has 2 aromatic rings. The predicted molar refractivity (Wildman–Crippen MR) is 109 cm³/mol. The lowest BCUT2D eigenvalue weighted by Crippen LogP contribution is -2.49. The number of rotatable bonds is 6. The molecule has 1 aromatic heterocycles. The Bertz CT molecular complexity index is 857. The number of methoxy groups -OCH3 is 1. The Kier molecular flexibility index (Phi) is 5.47. The molecule has 2 amide bonds. The molecule has 148 valence electrons. The van der Waals surface area contributed by atoms with Gasteiger partial charge >= 0.3 is 0 Å². The topological polar surface area (TPSA) is 74.8 Å². The number of anilines is 2. The highest BCUT2D eigenvalue weighted by atomic mass is 32.1. The molecule has 0 radical (unpaired) electrons. The minimum absolute atomic E-state index is 0.0414. The second-order valence-electron chi connectivity index (χ2n) is 7.12. The standard InChI is InChI=1S/C20H24N4O3S/c1-27-17-5-3-2-4-16(17)23-8-10-24(11-9-23)18(25)12-15-13-28-20(21-15)22-19(26)14-6-7-14/h2-5,13-14H,6-12H2,1H3,(H,21,22,26). The van der Waals surface area contributed by atoms with Crippen LogP contribution in [0.4, 0.5) is 10.8 Å². The van der Waals surface area contributed by atoms with Crippen molar-refractivity contribution in [2.75, 3.05) is 43.5 Å². The van der Waals surface area contributed by atoms with Crippen LogP contribution < -0.4 is 15.0 Å². The van der Waals surface area contributed by atoms with E-state index in [1.54, 1.807) is 7.11 Å². The van der Waals surface area contributed by atoms with Crippen LogP contribution in [-0.2, 0) is 16.0 Å². The number of carbonyl (C=O) groups is 2. The van der Waals surface area contributed by atoms with E-state index in [2.05, 4.69) is 15.2 Å². The van der Waals surface area contributed by atoms with Gasteiger partial charge in [0.15, 0.2) is 5.13 Å². The van der Waals surface area contributed by atoms with Crippen LogP contribution in [0.3, 0.4) is 0 Å². The summed E-state index contributed by atoms with van der Waals surface area (Å²) in [6, 6.07) is 7.95. The lowest BCUT2D eigenvalue weighted by atomic mass is 10.2. The normalized spacial score (nSPS) is 16.8. The number of hydrogen-bond donors (Lipinski definition) is 1. The zero-order valence-corrected chi connectivity index (χ0v) is 16.7. The molecule has 1 aromatic carbocycles. The maximum absolute atomic E-state index is 12.6. The van der Waals surface area contributed by atoms with E-state index in [1.807, 2.05) is 34.5 Å². The van der Waals surface area contributed by atoms with Gasteiger partial charge in [-0.3, -0.25) is 9.59 Å². The Labute approximate surface area is 168 Å². The summed E-state index contributed by atoms with van der Waals surface area (Å²) < 4.78 is 5.44. The van der Waals surface area contributed by atoms with Crippen LogP contribution in [0.2, 0.25) is 0 Å². The van der Waals surface area contributed by atoms with Crippen LogP contribution in [0.5, 0.6) is 5.75 Å². The Morgan fingerprint density at radius 2 is 1.96 bits per heavy atom. The van der Waals surface area contributed by atoms with Crippen molar-refractivity contribution in [3.63, 3.8) is 0 Å². The third kappa shape index (κ3) is 4.27. The first kappa shape index (κ1) is 18.7. The first-order chi connectivity index (χ1) is 13.6. The zero-order chi connectivity index (χ0) is 19.5. The van der Waals surface area contributed by atoms with Crippen molar-refractivity contribution in [2.45, 2.75) is 19.3 Å². The molecule has 0 unspecified atom stereocenters. The number of aromatic nitrogens is 1. The summed E-state index contributed by atoms with van der Waals surface area (Å²) in [6.45, 7) is 2.89. The smallest absolute Gasteiger partial charge is 0.229 e. The highest BCUT2D eigenvalue weighted by molar-refractivity contribution is 7.13. The van der Waals surface area contributed by atoms with Crippen LogP contribution in [0.25, 0.3) is 0 Å². The fourth-order valence-corrected chi connectivity index (χ4v) is 4.07. The largest absolute Gasteiger partial charge is 0.495 e. The number of benzene rings is 1. The summed E-state index contributed by atoms with van der Waals surface area (Å²) in [5.74, 6) is 1.11. The predicted octanol–water partition coefficient (Wildman–Crippen LogP) is 2.39. The molecule has 2 heterocycles. The number of hydrogen-bond acceptors (Lipinski definition) is 6. The molecule has 28 heavy (non-hydrogen) atoms. The van der Waals surface area contributed by atoms with Crippen LogP contribution in [0.15, 0.2) is 29.6 Å². The van der Waals surface area contributed by atoms with E-state index in [-0.39, 0.29) is 24.2 Å². The lowest BCUT2D eigenvalue weighted by molar-refractivity contribution is -0.130. The van der Waals surface area contributed by atoms with E-state index < -0.39 is 0 Å². The SMILES string of the molecule is COc1ccccc1N1CCN(C(=O)Cc2csc(NC(=O)C3CC3)n2)CC1. The Balaban J connectivity index is 1.29. The number of ether oxygens (including phenoxy) is 1. The van der Waals surface area contributed by atoms with Gasteiger partial charge in [0, 0.05) is 37.5 Å². The van der Waals surface area contributed by atoms with Crippen molar-refractivity contribution in [1.82, 2.24) is 9.88 Å². The molecule has 1 N–H and O–H groups in total. The average Bonchev–Trinajstić information content (AvgIpc) is 3.50. The minimum Gasteiger partial charge on any atom is -0.495 e. The summed E-state index contributed by atoms with van der Waals surface area (Å²) in [4.78, 5) is 33.0. The quantitative estimate of drug-likeness (QED) is 0.806. The van der Waals surface area contributed by atoms with Crippen molar-refractivity contribution in [3.05, 3.63) is 35.3 Å². The molecule has 0 atom stereocenters. The van der Waals surface area contributed by atoms with Crippen molar-refractivity contribution < 1.29 is 14.3 Å². The first-order valence-corrected chi connectivity index (χ1v) is 10.4. The first-order valence-electron chi connectivity index (χ1n) is 9.55. The maximum Gasteiger partial charge on any atom is 0.229 e. The third-order valence-corrected chi connectivity index (χ3v) is 5.93. The highest BCUT2D eigenvalue weighted by Gasteiger charge is 2.30. The van der Waals surface area contributed by atoms with Crippen molar-refractivity contribution in [2.24, 2.45) is 5.92 Å². The van der Waals surface area contributed by atoms with E-state index >= 15 is 0 Å². The van der Waals surface area contributed by atoms with Gasteiger partial charge in [0.05, 0.1) is 24.9 Å². The van der Waals surface area contributed by atoms with Gasteiger partial charge in [-0.25, -0.2) is 4.98 Å². The van der Waals surface area contributed by atoms with Crippen molar-refractivity contribution in [3.8, 4) is 5.75 Å². The molecule has 1 aliphatic heterocycles. The van der Waals surface area contributed by atoms with E-state index in [4.69, 9.17) is 4.74 Å². The van der Waals surface area contributed by atoms with Gasteiger partial charge in [-0.1, -0.05) is 12.1 Å². The summed E-state index contributed by atoms with van der Waals surface area (Å²) in [7, 11) is 1.67. The lowest BCUT2D eigenvalue weighted by Gasteiger charge is -2.36. The van der Waals surface area contributed by atoms with Crippen LogP contribution in [0.1, 0.15) is 18.5 Å². The number of para-hydroxylation sites is 2. The van der Waals surface area contributed by atoms with Gasteiger partial charge in [-0.2, -0.15) is 0 Å². The summed E-state index contributed by atoms with van der Waals surface area (Å²) in [5.41, 5.74) is 1.78. The van der Waals surface area contributed by atoms with E-state index in [1.165, 1.54) is 11.3 Å². The molecule has 0 spiro atoms. The molecule has 7 nitrogen and oxygen atoms in total.